The number of amides is 1. The molecule has 0 aliphatic carbocycles. The molecule has 0 bridgehead atoms. The molecule has 1 atom stereocenters. The van der Waals surface area contributed by atoms with Crippen molar-refractivity contribution in [1.29, 1.82) is 0 Å². The molecule has 1 amide bonds. The van der Waals surface area contributed by atoms with Crippen LogP contribution in [-0.4, -0.2) is 17.7 Å². The quantitative estimate of drug-likeness (QED) is 0.853. The third-order valence-electron chi connectivity index (χ3n) is 2.93. The standard InChI is InChI=1S/C16H15ClN2O2/c1-10(18)16(21)19-14-8-7-12(17)9-13(14)15(20)11-5-3-2-4-6-11/h2-10H,18H2,1H3,(H,19,21)/t10-/m0/s1. The third-order valence-corrected chi connectivity index (χ3v) is 3.17. The molecule has 0 unspecified atom stereocenters. The molecular weight excluding hydrogens is 288 g/mol. The Morgan fingerprint density at radius 1 is 1.14 bits per heavy atom. The highest BCUT2D eigenvalue weighted by atomic mass is 35.5. The van der Waals surface area contributed by atoms with Crippen LogP contribution in [0.4, 0.5) is 5.69 Å². The van der Waals surface area contributed by atoms with Gasteiger partial charge in [-0.25, -0.2) is 0 Å². The number of carbonyl (C=O) groups is 2. The van der Waals surface area contributed by atoms with Gasteiger partial charge in [-0.2, -0.15) is 0 Å². The second kappa shape index (κ2) is 6.52. The van der Waals surface area contributed by atoms with Crippen molar-refractivity contribution in [1.82, 2.24) is 0 Å². The second-order valence-electron chi connectivity index (χ2n) is 4.66. The minimum absolute atomic E-state index is 0.210. The Balaban J connectivity index is 2.40. The van der Waals surface area contributed by atoms with Crippen molar-refractivity contribution >= 4 is 29.0 Å². The normalized spacial score (nSPS) is 11.8. The number of hydrogen-bond donors (Lipinski definition) is 2. The van der Waals surface area contributed by atoms with E-state index < -0.39 is 6.04 Å². The van der Waals surface area contributed by atoms with Gasteiger partial charge in [-0.05, 0) is 25.1 Å². The first-order chi connectivity index (χ1) is 9.99. The van der Waals surface area contributed by atoms with Gasteiger partial charge in [0.1, 0.15) is 0 Å². The zero-order chi connectivity index (χ0) is 15.4. The van der Waals surface area contributed by atoms with E-state index in [-0.39, 0.29) is 11.7 Å². The molecule has 0 heterocycles. The van der Waals surface area contributed by atoms with Gasteiger partial charge in [-0.1, -0.05) is 41.9 Å². The largest absolute Gasteiger partial charge is 0.324 e. The summed E-state index contributed by atoms with van der Waals surface area (Å²) in [5, 5.41) is 3.07. The first-order valence-electron chi connectivity index (χ1n) is 6.45. The first-order valence-corrected chi connectivity index (χ1v) is 6.82. The molecule has 21 heavy (non-hydrogen) atoms. The van der Waals surface area contributed by atoms with Crippen molar-refractivity contribution in [3.63, 3.8) is 0 Å². The van der Waals surface area contributed by atoms with E-state index in [1.807, 2.05) is 6.07 Å². The molecule has 0 aliphatic heterocycles. The van der Waals surface area contributed by atoms with Crippen molar-refractivity contribution in [3.8, 4) is 0 Å². The van der Waals surface area contributed by atoms with Crippen molar-refractivity contribution in [2.24, 2.45) is 5.73 Å². The fraction of sp³-hybridized carbons (Fsp3) is 0.125. The number of nitrogens with two attached hydrogens (primary N) is 1. The smallest absolute Gasteiger partial charge is 0.241 e. The molecule has 0 radical (unpaired) electrons. The van der Waals surface area contributed by atoms with Gasteiger partial charge in [-0.15, -0.1) is 0 Å². The summed E-state index contributed by atoms with van der Waals surface area (Å²) < 4.78 is 0. The van der Waals surface area contributed by atoms with Crippen LogP contribution in [0.25, 0.3) is 0 Å². The van der Waals surface area contributed by atoms with Crippen LogP contribution < -0.4 is 11.1 Å². The lowest BCUT2D eigenvalue weighted by atomic mass is 10.0. The lowest BCUT2D eigenvalue weighted by molar-refractivity contribution is -0.117. The predicted molar refractivity (Wildman–Crippen MR) is 83.6 cm³/mol. The molecule has 0 fully saturated rings. The summed E-state index contributed by atoms with van der Waals surface area (Å²) in [7, 11) is 0. The zero-order valence-corrected chi connectivity index (χ0v) is 12.2. The Morgan fingerprint density at radius 2 is 1.81 bits per heavy atom. The fourth-order valence-electron chi connectivity index (χ4n) is 1.80. The molecule has 0 saturated heterocycles. The van der Waals surface area contributed by atoms with E-state index in [0.717, 1.165) is 0 Å². The summed E-state index contributed by atoms with van der Waals surface area (Å²) in [5.41, 5.74) is 6.79. The molecule has 108 valence electrons. The number of anilines is 1. The average Bonchev–Trinajstić information content (AvgIpc) is 2.49. The highest BCUT2D eigenvalue weighted by molar-refractivity contribution is 6.31. The first kappa shape index (κ1) is 15.2. The lowest BCUT2D eigenvalue weighted by Gasteiger charge is -2.12. The maximum Gasteiger partial charge on any atom is 0.241 e. The number of carbonyl (C=O) groups excluding carboxylic acids is 2. The number of ketones is 1. The van der Waals surface area contributed by atoms with E-state index in [1.165, 1.54) is 6.07 Å². The van der Waals surface area contributed by atoms with Crippen LogP contribution in [0.1, 0.15) is 22.8 Å². The van der Waals surface area contributed by atoms with Crippen LogP contribution in [0.3, 0.4) is 0 Å². The van der Waals surface area contributed by atoms with E-state index >= 15 is 0 Å². The van der Waals surface area contributed by atoms with E-state index in [4.69, 9.17) is 17.3 Å². The third kappa shape index (κ3) is 3.68. The van der Waals surface area contributed by atoms with Crippen molar-refractivity contribution < 1.29 is 9.59 Å². The zero-order valence-electron chi connectivity index (χ0n) is 11.5. The van der Waals surface area contributed by atoms with Gasteiger partial charge in [-0.3, -0.25) is 9.59 Å². The summed E-state index contributed by atoms with van der Waals surface area (Å²) >= 11 is 5.96. The van der Waals surface area contributed by atoms with Gasteiger partial charge in [0.25, 0.3) is 0 Å². The van der Waals surface area contributed by atoms with E-state index in [1.54, 1.807) is 43.3 Å². The highest BCUT2D eigenvalue weighted by Crippen LogP contribution is 2.23. The van der Waals surface area contributed by atoms with Crippen molar-refractivity contribution in [2.75, 3.05) is 5.32 Å². The van der Waals surface area contributed by atoms with E-state index in [0.29, 0.717) is 21.8 Å². The Kier molecular flexibility index (Phi) is 4.73. The van der Waals surface area contributed by atoms with Gasteiger partial charge in [0.15, 0.2) is 5.78 Å². The minimum atomic E-state index is -0.666. The molecule has 5 heteroatoms. The lowest BCUT2D eigenvalue weighted by Crippen LogP contribution is -2.33. The highest BCUT2D eigenvalue weighted by Gasteiger charge is 2.17. The number of benzene rings is 2. The molecule has 2 aromatic carbocycles. The SMILES string of the molecule is C[C@H](N)C(=O)Nc1ccc(Cl)cc1C(=O)c1ccccc1. The Bertz CT molecular complexity index is 669. The Labute approximate surface area is 127 Å². The molecule has 0 aromatic heterocycles. The van der Waals surface area contributed by atoms with Gasteiger partial charge >= 0.3 is 0 Å². The van der Waals surface area contributed by atoms with Gasteiger partial charge in [0, 0.05) is 16.1 Å². The van der Waals surface area contributed by atoms with Crippen LogP contribution in [0, 0.1) is 0 Å². The van der Waals surface area contributed by atoms with Crippen molar-refractivity contribution in [2.45, 2.75) is 13.0 Å². The molecule has 2 aromatic rings. The van der Waals surface area contributed by atoms with Crippen LogP contribution in [-0.2, 0) is 4.79 Å². The molecule has 4 nitrogen and oxygen atoms in total. The molecule has 0 aliphatic rings. The topological polar surface area (TPSA) is 72.2 Å². The number of halogens is 1. The van der Waals surface area contributed by atoms with Gasteiger partial charge < -0.3 is 11.1 Å². The number of nitrogens with one attached hydrogen (secondary N) is 1. The number of hydrogen-bond acceptors (Lipinski definition) is 3. The fourth-order valence-corrected chi connectivity index (χ4v) is 1.98. The van der Waals surface area contributed by atoms with Crippen LogP contribution in [0.15, 0.2) is 48.5 Å². The summed E-state index contributed by atoms with van der Waals surface area (Å²) in [4.78, 5) is 24.3. The Hall–Kier alpha value is -2.17. The maximum atomic E-state index is 12.5. The minimum Gasteiger partial charge on any atom is -0.324 e. The molecule has 0 saturated carbocycles. The predicted octanol–water partition coefficient (Wildman–Crippen LogP) is 2.86. The van der Waals surface area contributed by atoms with Crippen molar-refractivity contribution in [3.05, 3.63) is 64.7 Å². The molecular formula is C16H15ClN2O2. The average molecular weight is 303 g/mol. The Morgan fingerprint density at radius 3 is 2.43 bits per heavy atom. The van der Waals surface area contributed by atoms with E-state index in [9.17, 15) is 9.59 Å². The summed E-state index contributed by atoms with van der Waals surface area (Å²) in [6, 6.07) is 12.9. The van der Waals surface area contributed by atoms with Crippen LogP contribution in [0.2, 0.25) is 5.02 Å². The summed E-state index contributed by atoms with van der Waals surface area (Å²) in [5.74, 6) is -0.572. The summed E-state index contributed by atoms with van der Waals surface area (Å²) in [6.07, 6.45) is 0. The number of rotatable bonds is 4. The molecule has 2 rings (SSSR count). The van der Waals surface area contributed by atoms with Crippen LogP contribution in [0.5, 0.6) is 0 Å². The summed E-state index contributed by atoms with van der Waals surface area (Å²) in [6.45, 7) is 1.57. The maximum absolute atomic E-state index is 12.5. The van der Waals surface area contributed by atoms with E-state index in [2.05, 4.69) is 5.32 Å². The van der Waals surface area contributed by atoms with Gasteiger partial charge in [0.2, 0.25) is 5.91 Å². The van der Waals surface area contributed by atoms with Crippen LogP contribution >= 0.6 is 11.6 Å². The van der Waals surface area contributed by atoms with Gasteiger partial charge in [0.05, 0.1) is 11.7 Å². The molecule has 0 spiro atoms. The monoisotopic (exact) mass is 302 g/mol. The second-order valence-corrected chi connectivity index (χ2v) is 5.10. The molecule has 3 N–H and O–H groups in total.